The average Bonchev–Trinajstić information content (AvgIpc) is 2.70. The molecule has 2 heterocycles. The van der Waals surface area contributed by atoms with Gasteiger partial charge in [0.25, 0.3) is 5.95 Å². The third-order valence-corrected chi connectivity index (χ3v) is 5.00. The summed E-state index contributed by atoms with van der Waals surface area (Å²) in [5, 5.41) is 0.676. The van der Waals surface area contributed by atoms with E-state index in [-0.39, 0.29) is 11.3 Å². The van der Waals surface area contributed by atoms with Gasteiger partial charge in [0.2, 0.25) is 5.43 Å². The summed E-state index contributed by atoms with van der Waals surface area (Å²) in [5.41, 5.74) is 3.19. The number of rotatable bonds is 3. The molecule has 122 valence electrons. The Morgan fingerprint density at radius 1 is 1.35 bits per heavy atom. The smallest absolute Gasteiger partial charge is 0.293 e. The molecule has 0 aliphatic carbocycles. The van der Waals surface area contributed by atoms with E-state index in [1.54, 1.807) is 0 Å². The minimum atomic E-state index is -0.401. The van der Waals surface area contributed by atoms with Gasteiger partial charge in [0.1, 0.15) is 11.2 Å². The minimum Gasteiger partial charge on any atom is -0.458 e. The molecule has 1 aromatic carbocycles. The number of allylic oxidation sites excluding steroid dienone is 2. The van der Waals surface area contributed by atoms with Gasteiger partial charge < -0.3 is 9.15 Å². The summed E-state index contributed by atoms with van der Waals surface area (Å²) in [6.07, 6.45) is 4.00. The van der Waals surface area contributed by atoms with Gasteiger partial charge in [-0.15, -0.1) is 0 Å². The molecule has 0 fully saturated rings. The zero-order valence-corrected chi connectivity index (χ0v) is 14.5. The van der Waals surface area contributed by atoms with Crippen LogP contribution in [0.2, 0.25) is 0 Å². The van der Waals surface area contributed by atoms with Crippen molar-refractivity contribution in [3.05, 3.63) is 51.2 Å². The van der Waals surface area contributed by atoms with Gasteiger partial charge in [-0.05, 0) is 52.2 Å². The van der Waals surface area contributed by atoms with Crippen LogP contribution in [0.1, 0.15) is 57.6 Å². The van der Waals surface area contributed by atoms with Crippen molar-refractivity contribution in [2.24, 2.45) is 0 Å². The van der Waals surface area contributed by atoms with Crippen LogP contribution >= 0.6 is 0 Å². The molecule has 0 radical (unpaired) electrons. The Bertz CT molecular complexity index is 840. The molecule has 0 saturated heterocycles. The van der Waals surface area contributed by atoms with Crippen LogP contribution in [0, 0.1) is 6.92 Å². The second-order valence-corrected chi connectivity index (χ2v) is 7.04. The van der Waals surface area contributed by atoms with Gasteiger partial charge in [-0.3, -0.25) is 4.79 Å². The first-order valence-corrected chi connectivity index (χ1v) is 8.22. The Balaban J connectivity index is 2.06. The molecule has 0 saturated carbocycles. The summed E-state index contributed by atoms with van der Waals surface area (Å²) in [6.45, 7) is 10.3. The van der Waals surface area contributed by atoms with Crippen LogP contribution in [0.3, 0.4) is 0 Å². The summed E-state index contributed by atoms with van der Waals surface area (Å²) >= 11 is 0. The Hall–Kier alpha value is -2.03. The highest BCUT2D eigenvalue weighted by molar-refractivity contribution is 5.81. The van der Waals surface area contributed by atoms with E-state index in [0.29, 0.717) is 22.5 Å². The largest absolute Gasteiger partial charge is 0.458 e. The molecule has 0 bridgehead atoms. The predicted octanol–water partition coefficient (Wildman–Crippen LogP) is 5.10. The van der Waals surface area contributed by atoms with Gasteiger partial charge in [-0.25, -0.2) is 0 Å². The summed E-state index contributed by atoms with van der Waals surface area (Å²) in [4.78, 5) is 13.0. The molecule has 0 unspecified atom stereocenters. The molecule has 23 heavy (non-hydrogen) atoms. The summed E-state index contributed by atoms with van der Waals surface area (Å²) in [6, 6.07) is 5.68. The molecule has 2 aromatic rings. The van der Waals surface area contributed by atoms with E-state index in [1.807, 2.05) is 25.1 Å². The number of fused-ring (bicyclic) bond motifs is 2. The first-order chi connectivity index (χ1) is 10.8. The van der Waals surface area contributed by atoms with Gasteiger partial charge in [0.05, 0.1) is 10.9 Å². The van der Waals surface area contributed by atoms with Crippen LogP contribution < -0.4 is 10.2 Å². The first kappa shape index (κ1) is 15.9. The van der Waals surface area contributed by atoms with Crippen molar-refractivity contribution in [3.8, 4) is 5.95 Å². The molecular formula is C20H24O3. The second-order valence-electron chi connectivity index (χ2n) is 7.04. The van der Waals surface area contributed by atoms with Gasteiger partial charge >= 0.3 is 0 Å². The third-order valence-electron chi connectivity index (χ3n) is 5.00. The van der Waals surface area contributed by atoms with Gasteiger partial charge in [-0.2, -0.15) is 0 Å². The zero-order chi connectivity index (χ0) is 16.8. The number of ether oxygens (including phenoxy) is 1. The Morgan fingerprint density at radius 2 is 2.09 bits per heavy atom. The van der Waals surface area contributed by atoms with Crippen LogP contribution in [0.15, 0.2) is 39.1 Å². The predicted molar refractivity (Wildman–Crippen MR) is 93.3 cm³/mol. The van der Waals surface area contributed by atoms with Gasteiger partial charge in [-0.1, -0.05) is 30.7 Å². The number of hydrogen-bond acceptors (Lipinski definition) is 3. The molecule has 3 rings (SSSR count). The Labute approximate surface area is 137 Å². The number of benzene rings is 1. The monoisotopic (exact) mass is 312 g/mol. The molecule has 1 aliphatic heterocycles. The molecule has 1 aliphatic rings. The highest BCUT2D eigenvalue weighted by Crippen LogP contribution is 2.46. The summed E-state index contributed by atoms with van der Waals surface area (Å²) in [5.74, 6) is 0.420. The highest BCUT2D eigenvalue weighted by Gasteiger charge is 2.45. The van der Waals surface area contributed by atoms with E-state index in [2.05, 4.69) is 33.8 Å². The lowest BCUT2D eigenvalue weighted by Crippen LogP contribution is -2.33. The van der Waals surface area contributed by atoms with E-state index in [0.717, 1.165) is 18.4 Å². The molecule has 0 N–H and O–H groups in total. The zero-order valence-electron chi connectivity index (χ0n) is 14.5. The van der Waals surface area contributed by atoms with Crippen LogP contribution in [-0.4, -0.2) is 5.60 Å². The molecule has 3 nitrogen and oxygen atoms in total. The standard InChI is InChI=1S/C20H24O3/c1-12(2)8-7-11-20(5)14(4)17-18(21)16-13(3)9-6-10-15(16)22-19(17)23-20/h6,8-10,14H,7,11H2,1-5H3/t14-,20+/m0/s1. The second kappa shape index (κ2) is 5.55. The Kier molecular flexibility index (Phi) is 3.83. The van der Waals surface area contributed by atoms with Crippen LogP contribution in [0.4, 0.5) is 0 Å². The van der Waals surface area contributed by atoms with E-state index in [4.69, 9.17) is 9.15 Å². The maximum atomic E-state index is 13.0. The minimum absolute atomic E-state index is 0.0170. The van der Waals surface area contributed by atoms with Crippen LogP contribution in [0.25, 0.3) is 11.0 Å². The molecule has 2 atom stereocenters. The summed E-state index contributed by atoms with van der Waals surface area (Å²) in [7, 11) is 0. The van der Waals surface area contributed by atoms with Gasteiger partial charge in [0.15, 0.2) is 0 Å². The number of hydrogen-bond donors (Lipinski definition) is 0. The van der Waals surface area contributed by atoms with E-state index in [1.165, 1.54) is 5.57 Å². The molecule has 3 heteroatoms. The van der Waals surface area contributed by atoms with E-state index >= 15 is 0 Å². The number of aryl methyl sites for hydroxylation is 1. The maximum absolute atomic E-state index is 13.0. The lowest BCUT2D eigenvalue weighted by molar-refractivity contribution is 0.0638. The van der Waals surface area contributed by atoms with Crippen molar-refractivity contribution in [1.29, 1.82) is 0 Å². The maximum Gasteiger partial charge on any atom is 0.293 e. The van der Waals surface area contributed by atoms with Crippen molar-refractivity contribution in [2.45, 2.75) is 59.0 Å². The molecule has 0 amide bonds. The normalized spacial score (nSPS) is 22.7. The fourth-order valence-electron chi connectivity index (χ4n) is 3.37. The van der Waals surface area contributed by atoms with Crippen molar-refractivity contribution in [3.63, 3.8) is 0 Å². The molecule has 0 spiro atoms. The summed E-state index contributed by atoms with van der Waals surface area (Å²) < 4.78 is 12.0. The van der Waals surface area contributed by atoms with Crippen molar-refractivity contribution in [1.82, 2.24) is 0 Å². The third kappa shape index (κ3) is 2.58. The molecular weight excluding hydrogens is 288 g/mol. The first-order valence-electron chi connectivity index (χ1n) is 8.22. The fraction of sp³-hybridized carbons (Fsp3) is 0.450. The van der Waals surface area contributed by atoms with Crippen molar-refractivity contribution >= 4 is 11.0 Å². The van der Waals surface area contributed by atoms with Crippen LogP contribution in [-0.2, 0) is 0 Å². The van der Waals surface area contributed by atoms with Gasteiger partial charge in [0, 0.05) is 5.92 Å². The van der Waals surface area contributed by atoms with E-state index < -0.39 is 5.60 Å². The van der Waals surface area contributed by atoms with Crippen LogP contribution in [0.5, 0.6) is 5.95 Å². The Morgan fingerprint density at radius 3 is 2.78 bits per heavy atom. The van der Waals surface area contributed by atoms with Crippen molar-refractivity contribution in [2.75, 3.05) is 0 Å². The lowest BCUT2D eigenvalue weighted by atomic mass is 9.83. The topological polar surface area (TPSA) is 39.4 Å². The highest BCUT2D eigenvalue weighted by atomic mass is 16.6. The lowest BCUT2D eigenvalue weighted by Gasteiger charge is -2.27. The van der Waals surface area contributed by atoms with Crippen molar-refractivity contribution < 1.29 is 9.15 Å². The SMILES string of the molecule is CC(C)=CCC[C@@]1(C)Oc2oc3cccc(C)c3c(=O)c2[C@@H]1C. The quantitative estimate of drug-likeness (QED) is 0.740. The fourth-order valence-corrected chi connectivity index (χ4v) is 3.37. The van der Waals surface area contributed by atoms with E-state index in [9.17, 15) is 4.79 Å². The average molecular weight is 312 g/mol. The molecule has 1 aromatic heterocycles.